The molecule has 1 atom stereocenters. The second kappa shape index (κ2) is 9.96. The number of hydrogen-bond donors (Lipinski definition) is 2. The number of ketones is 1. The molecule has 8 nitrogen and oxygen atoms in total. The summed E-state index contributed by atoms with van der Waals surface area (Å²) in [5.74, 6) is -0.252. The van der Waals surface area contributed by atoms with E-state index in [2.05, 4.69) is 10.6 Å². The minimum absolute atomic E-state index is 0.313. The van der Waals surface area contributed by atoms with Gasteiger partial charge in [-0.25, -0.2) is 9.59 Å². The Morgan fingerprint density at radius 3 is 2.29 bits per heavy atom. The van der Waals surface area contributed by atoms with E-state index >= 15 is 0 Å². The molecule has 0 saturated heterocycles. The topological polar surface area (TPSA) is 103 Å². The lowest BCUT2D eigenvalue weighted by molar-refractivity contribution is -0.144. The van der Waals surface area contributed by atoms with E-state index in [-0.39, 0.29) is 0 Å². The average molecular weight is 386 g/mol. The molecule has 2 aromatic rings. The Labute approximate surface area is 162 Å². The molecule has 0 heterocycles. The number of amides is 2. The SMILES string of the molecule is COc1ccc(C(=O)COC(=O)[C@H](C)NC(=O)Nc2ccccc2)cc1OC. The molecule has 0 aliphatic heterocycles. The first-order chi connectivity index (χ1) is 13.4. The minimum Gasteiger partial charge on any atom is -0.493 e. The van der Waals surface area contributed by atoms with Gasteiger partial charge in [0.15, 0.2) is 23.9 Å². The second-order valence-electron chi connectivity index (χ2n) is 5.79. The molecule has 2 rings (SSSR count). The van der Waals surface area contributed by atoms with E-state index in [0.717, 1.165) is 0 Å². The molecule has 0 bridgehead atoms. The van der Waals surface area contributed by atoms with E-state index in [1.807, 2.05) is 6.07 Å². The summed E-state index contributed by atoms with van der Waals surface area (Å²) in [4.78, 5) is 36.2. The van der Waals surface area contributed by atoms with Crippen LogP contribution in [0.15, 0.2) is 48.5 Å². The molecule has 0 radical (unpaired) electrons. The van der Waals surface area contributed by atoms with Crippen LogP contribution in [0.3, 0.4) is 0 Å². The van der Waals surface area contributed by atoms with Crippen molar-refractivity contribution in [3.8, 4) is 11.5 Å². The van der Waals surface area contributed by atoms with Crippen molar-refractivity contribution >= 4 is 23.5 Å². The summed E-state index contributed by atoms with van der Waals surface area (Å²) < 4.78 is 15.3. The minimum atomic E-state index is -0.929. The van der Waals surface area contributed by atoms with Crippen molar-refractivity contribution in [3.63, 3.8) is 0 Å². The fraction of sp³-hybridized carbons (Fsp3) is 0.250. The number of methoxy groups -OCH3 is 2. The number of nitrogens with one attached hydrogen (secondary N) is 2. The Balaban J connectivity index is 1.85. The molecule has 2 amide bonds. The molecular formula is C20H22N2O6. The van der Waals surface area contributed by atoms with Gasteiger partial charge in [-0.05, 0) is 37.3 Å². The van der Waals surface area contributed by atoms with Gasteiger partial charge >= 0.3 is 12.0 Å². The Morgan fingerprint density at radius 1 is 0.964 bits per heavy atom. The highest BCUT2D eigenvalue weighted by Gasteiger charge is 2.19. The Kier molecular flexibility index (Phi) is 7.38. The van der Waals surface area contributed by atoms with Gasteiger partial charge in [-0.2, -0.15) is 0 Å². The van der Waals surface area contributed by atoms with Gasteiger partial charge in [-0.3, -0.25) is 4.79 Å². The number of rotatable bonds is 8. The summed E-state index contributed by atoms with van der Waals surface area (Å²) >= 11 is 0. The normalized spacial score (nSPS) is 11.1. The molecular weight excluding hydrogens is 364 g/mol. The number of urea groups is 1. The van der Waals surface area contributed by atoms with Crippen LogP contribution in [-0.2, 0) is 9.53 Å². The predicted molar refractivity (Wildman–Crippen MR) is 103 cm³/mol. The first-order valence-electron chi connectivity index (χ1n) is 8.49. The number of carbonyl (C=O) groups excluding carboxylic acids is 3. The lowest BCUT2D eigenvalue weighted by Gasteiger charge is -2.14. The van der Waals surface area contributed by atoms with E-state index < -0.39 is 30.4 Å². The summed E-state index contributed by atoms with van der Waals surface area (Å²) in [5, 5.41) is 5.04. The molecule has 2 N–H and O–H groups in total. The molecule has 0 fully saturated rings. The zero-order valence-corrected chi connectivity index (χ0v) is 15.9. The number of carbonyl (C=O) groups is 3. The van der Waals surface area contributed by atoms with Gasteiger partial charge in [-0.1, -0.05) is 18.2 Å². The number of ether oxygens (including phenoxy) is 3. The molecule has 148 valence electrons. The van der Waals surface area contributed by atoms with Gasteiger partial charge < -0.3 is 24.8 Å². The third-order valence-electron chi connectivity index (χ3n) is 3.78. The Bertz CT molecular complexity index is 838. The van der Waals surface area contributed by atoms with Crippen LogP contribution in [0.2, 0.25) is 0 Å². The quantitative estimate of drug-likeness (QED) is 0.534. The van der Waals surface area contributed by atoms with Crippen LogP contribution in [0.1, 0.15) is 17.3 Å². The van der Waals surface area contributed by atoms with Crippen LogP contribution < -0.4 is 20.1 Å². The summed E-state index contributed by atoms with van der Waals surface area (Å²) in [6.45, 7) is 1.01. The van der Waals surface area contributed by atoms with Gasteiger partial charge in [-0.15, -0.1) is 0 Å². The Hall–Kier alpha value is -3.55. The highest BCUT2D eigenvalue weighted by molar-refractivity contribution is 5.99. The van der Waals surface area contributed by atoms with Crippen LogP contribution in [0.25, 0.3) is 0 Å². The molecule has 0 aromatic heterocycles. The number of Topliss-reactive ketones (excluding diaryl/α,β-unsaturated/α-hetero) is 1. The van der Waals surface area contributed by atoms with Crippen LogP contribution >= 0.6 is 0 Å². The van der Waals surface area contributed by atoms with Gasteiger partial charge in [0, 0.05) is 11.3 Å². The molecule has 8 heteroatoms. The van der Waals surface area contributed by atoms with Gasteiger partial charge in [0.2, 0.25) is 0 Å². The monoisotopic (exact) mass is 386 g/mol. The van der Waals surface area contributed by atoms with Crippen molar-refractivity contribution in [1.29, 1.82) is 0 Å². The van der Waals surface area contributed by atoms with Crippen LogP contribution in [0.4, 0.5) is 10.5 Å². The van der Waals surface area contributed by atoms with Crippen molar-refractivity contribution in [3.05, 3.63) is 54.1 Å². The summed E-state index contributed by atoms with van der Waals surface area (Å²) in [6, 6.07) is 11.9. The molecule has 0 saturated carbocycles. The summed E-state index contributed by atoms with van der Waals surface area (Å²) in [6.07, 6.45) is 0. The van der Waals surface area contributed by atoms with Crippen molar-refractivity contribution in [2.24, 2.45) is 0 Å². The van der Waals surface area contributed by atoms with Crippen LogP contribution in [0, 0.1) is 0 Å². The third-order valence-corrected chi connectivity index (χ3v) is 3.78. The van der Waals surface area contributed by atoms with Gasteiger partial charge in [0.25, 0.3) is 0 Å². The zero-order chi connectivity index (χ0) is 20.5. The molecule has 0 aliphatic rings. The van der Waals surface area contributed by atoms with E-state index in [0.29, 0.717) is 22.7 Å². The number of hydrogen-bond acceptors (Lipinski definition) is 6. The smallest absolute Gasteiger partial charge is 0.328 e. The first kappa shape index (κ1) is 20.8. The molecule has 0 aliphatic carbocycles. The lowest BCUT2D eigenvalue weighted by atomic mass is 10.1. The number of esters is 1. The molecule has 0 unspecified atom stereocenters. The molecule has 2 aromatic carbocycles. The highest BCUT2D eigenvalue weighted by Crippen LogP contribution is 2.27. The van der Waals surface area contributed by atoms with E-state index in [9.17, 15) is 14.4 Å². The van der Waals surface area contributed by atoms with E-state index in [1.54, 1.807) is 36.4 Å². The summed E-state index contributed by atoms with van der Waals surface area (Å²) in [5.41, 5.74) is 0.900. The fourth-order valence-corrected chi connectivity index (χ4v) is 2.30. The highest BCUT2D eigenvalue weighted by atomic mass is 16.5. The maximum Gasteiger partial charge on any atom is 0.328 e. The van der Waals surface area contributed by atoms with Crippen molar-refractivity contribution < 1.29 is 28.6 Å². The number of anilines is 1. The Morgan fingerprint density at radius 2 is 1.64 bits per heavy atom. The lowest BCUT2D eigenvalue weighted by Crippen LogP contribution is -2.42. The third kappa shape index (κ3) is 5.73. The zero-order valence-electron chi connectivity index (χ0n) is 15.9. The maximum atomic E-state index is 12.2. The maximum absolute atomic E-state index is 12.2. The number of para-hydroxylation sites is 1. The van der Waals surface area contributed by atoms with Crippen LogP contribution in [-0.4, -0.2) is 44.7 Å². The van der Waals surface area contributed by atoms with Crippen molar-refractivity contribution in [1.82, 2.24) is 5.32 Å². The van der Waals surface area contributed by atoms with E-state index in [4.69, 9.17) is 14.2 Å². The molecule has 0 spiro atoms. The largest absolute Gasteiger partial charge is 0.493 e. The fourth-order valence-electron chi connectivity index (χ4n) is 2.30. The summed E-state index contributed by atoms with van der Waals surface area (Å²) in [7, 11) is 2.95. The van der Waals surface area contributed by atoms with Crippen molar-refractivity contribution in [2.75, 3.05) is 26.1 Å². The van der Waals surface area contributed by atoms with Crippen molar-refractivity contribution in [2.45, 2.75) is 13.0 Å². The molecule has 28 heavy (non-hydrogen) atoms. The standard InChI is InChI=1S/C20H22N2O6/c1-13(21-20(25)22-15-7-5-4-6-8-15)19(24)28-12-16(23)14-9-10-17(26-2)18(11-14)27-3/h4-11,13H,12H2,1-3H3,(H2,21,22,25)/t13-/m0/s1. The predicted octanol–water partition coefficient (Wildman–Crippen LogP) is 2.64. The van der Waals surface area contributed by atoms with Gasteiger partial charge in [0.05, 0.1) is 14.2 Å². The van der Waals surface area contributed by atoms with E-state index in [1.165, 1.54) is 27.2 Å². The van der Waals surface area contributed by atoms with Crippen LogP contribution in [0.5, 0.6) is 11.5 Å². The average Bonchev–Trinajstić information content (AvgIpc) is 2.71. The van der Waals surface area contributed by atoms with Gasteiger partial charge in [0.1, 0.15) is 6.04 Å². The second-order valence-corrected chi connectivity index (χ2v) is 5.79. The number of benzene rings is 2. The first-order valence-corrected chi connectivity index (χ1v) is 8.49.